The van der Waals surface area contributed by atoms with Crippen LogP contribution in [0.4, 0.5) is 5.82 Å². The van der Waals surface area contributed by atoms with E-state index in [9.17, 15) is 9.59 Å². The van der Waals surface area contributed by atoms with Crippen LogP contribution in [0.3, 0.4) is 0 Å². The van der Waals surface area contributed by atoms with E-state index in [-0.39, 0.29) is 23.4 Å². The molecule has 7 heteroatoms. The van der Waals surface area contributed by atoms with Crippen LogP contribution in [0.15, 0.2) is 36.5 Å². The lowest BCUT2D eigenvalue weighted by molar-refractivity contribution is -0.113. The third-order valence-electron chi connectivity index (χ3n) is 3.17. The largest absolute Gasteiger partial charge is 0.462 e. The van der Waals surface area contributed by atoms with E-state index in [1.165, 1.54) is 6.20 Å². The van der Waals surface area contributed by atoms with Gasteiger partial charge in [0.15, 0.2) is 0 Å². The number of nitrogens with one attached hydrogen (secondary N) is 1. The highest BCUT2D eigenvalue weighted by atomic mass is 79.9. The van der Waals surface area contributed by atoms with Crippen molar-refractivity contribution in [2.24, 2.45) is 0 Å². The Bertz CT molecular complexity index is 670. The van der Waals surface area contributed by atoms with Gasteiger partial charge in [-0.2, -0.15) is 5.10 Å². The maximum Gasteiger partial charge on any atom is 0.343 e. The summed E-state index contributed by atoms with van der Waals surface area (Å²) in [5.74, 6) is -0.385. The molecule has 0 aliphatic rings. The molecule has 0 aliphatic heterocycles. The van der Waals surface area contributed by atoms with Crippen molar-refractivity contribution in [1.82, 2.24) is 9.78 Å². The molecule has 0 aliphatic carbocycles. The second kappa shape index (κ2) is 8.47. The Morgan fingerprint density at radius 3 is 2.70 bits per heavy atom. The Morgan fingerprint density at radius 2 is 2.04 bits per heavy atom. The number of carbonyl (C=O) groups is 2. The minimum absolute atomic E-state index is 0.138. The van der Waals surface area contributed by atoms with E-state index in [2.05, 4.69) is 26.3 Å². The number of hydrogen-bond acceptors (Lipinski definition) is 4. The van der Waals surface area contributed by atoms with E-state index in [0.717, 1.165) is 12.0 Å². The van der Waals surface area contributed by atoms with Crippen LogP contribution in [0.2, 0.25) is 0 Å². The quantitative estimate of drug-likeness (QED) is 0.592. The van der Waals surface area contributed by atoms with Gasteiger partial charge in [0.25, 0.3) is 0 Å². The predicted molar refractivity (Wildman–Crippen MR) is 90.8 cm³/mol. The van der Waals surface area contributed by atoms with Crippen LogP contribution in [0, 0.1) is 0 Å². The van der Waals surface area contributed by atoms with Gasteiger partial charge in [0, 0.05) is 6.54 Å². The molecule has 1 heterocycles. The highest BCUT2D eigenvalue weighted by Gasteiger charge is 2.20. The van der Waals surface area contributed by atoms with Gasteiger partial charge in [-0.25, -0.2) is 9.48 Å². The normalized spacial score (nSPS) is 10.3. The molecule has 6 nitrogen and oxygen atoms in total. The van der Waals surface area contributed by atoms with Gasteiger partial charge in [-0.1, -0.05) is 46.3 Å². The lowest BCUT2D eigenvalue weighted by Crippen LogP contribution is -2.19. The minimum Gasteiger partial charge on any atom is -0.462 e. The first-order valence-electron chi connectivity index (χ1n) is 7.28. The molecule has 122 valence electrons. The van der Waals surface area contributed by atoms with Crippen LogP contribution in [0.25, 0.3) is 0 Å². The Morgan fingerprint density at radius 1 is 1.30 bits per heavy atom. The molecule has 0 unspecified atom stereocenters. The average Bonchev–Trinajstić information content (AvgIpc) is 2.96. The predicted octanol–water partition coefficient (Wildman–Crippen LogP) is 2.64. The first-order chi connectivity index (χ1) is 11.2. The van der Waals surface area contributed by atoms with Gasteiger partial charge < -0.3 is 10.1 Å². The number of hydrogen-bond donors (Lipinski definition) is 1. The molecule has 0 fully saturated rings. The summed E-state index contributed by atoms with van der Waals surface area (Å²) in [6.45, 7) is 2.54. The number of aromatic nitrogens is 2. The van der Waals surface area contributed by atoms with Crippen LogP contribution >= 0.6 is 15.9 Å². The fourth-order valence-electron chi connectivity index (χ4n) is 2.09. The summed E-state index contributed by atoms with van der Waals surface area (Å²) in [5.41, 5.74) is 1.41. The van der Waals surface area contributed by atoms with Crippen molar-refractivity contribution < 1.29 is 14.3 Å². The van der Waals surface area contributed by atoms with Crippen molar-refractivity contribution in [2.75, 3.05) is 17.3 Å². The zero-order valence-corrected chi connectivity index (χ0v) is 14.4. The molecular weight excluding hydrogens is 362 g/mol. The molecule has 0 bridgehead atoms. The molecule has 23 heavy (non-hydrogen) atoms. The molecule has 1 N–H and O–H groups in total. The van der Waals surface area contributed by atoms with Crippen molar-refractivity contribution in [3.05, 3.63) is 47.7 Å². The number of halogens is 1. The minimum atomic E-state index is -0.497. The van der Waals surface area contributed by atoms with Gasteiger partial charge in [-0.15, -0.1) is 0 Å². The summed E-state index contributed by atoms with van der Waals surface area (Å²) >= 11 is 3.10. The van der Waals surface area contributed by atoms with Gasteiger partial charge in [0.1, 0.15) is 11.4 Å². The summed E-state index contributed by atoms with van der Waals surface area (Å²) in [6.07, 6.45) is 2.16. The lowest BCUT2D eigenvalue weighted by Gasteiger charge is -2.10. The molecule has 2 rings (SSSR count). The highest BCUT2D eigenvalue weighted by Crippen LogP contribution is 2.18. The van der Waals surface area contributed by atoms with Crippen LogP contribution in [-0.4, -0.2) is 33.6 Å². The Kier molecular flexibility index (Phi) is 6.34. The second-order valence-corrected chi connectivity index (χ2v) is 5.33. The van der Waals surface area contributed by atoms with E-state index < -0.39 is 5.97 Å². The van der Waals surface area contributed by atoms with E-state index in [1.54, 1.807) is 11.6 Å². The molecular formula is C16H18BrN3O3. The average molecular weight is 380 g/mol. The van der Waals surface area contributed by atoms with Crippen LogP contribution in [-0.2, 0) is 22.5 Å². The summed E-state index contributed by atoms with van der Waals surface area (Å²) in [5, 5.41) is 7.04. The van der Waals surface area contributed by atoms with Gasteiger partial charge in [-0.05, 0) is 18.9 Å². The third kappa shape index (κ3) is 4.66. The standard InChI is InChI=1S/C16H18BrN3O3/c1-2-23-16(22)13-11-18-20(15(13)19-14(21)10-17)9-8-12-6-4-3-5-7-12/h3-7,11H,2,8-10H2,1H3,(H,19,21). The Balaban J connectivity index is 2.20. The monoisotopic (exact) mass is 379 g/mol. The second-order valence-electron chi connectivity index (χ2n) is 4.77. The van der Waals surface area contributed by atoms with E-state index in [1.807, 2.05) is 30.3 Å². The maximum absolute atomic E-state index is 12.0. The Labute approximate surface area is 143 Å². The molecule has 0 saturated carbocycles. The number of rotatable bonds is 7. The SMILES string of the molecule is CCOC(=O)c1cnn(CCc2ccccc2)c1NC(=O)CBr. The number of anilines is 1. The fraction of sp³-hybridized carbons (Fsp3) is 0.312. The molecule has 0 spiro atoms. The van der Waals surface area contributed by atoms with Gasteiger partial charge in [0.05, 0.1) is 18.1 Å². The zero-order chi connectivity index (χ0) is 16.7. The van der Waals surface area contributed by atoms with E-state index >= 15 is 0 Å². The number of nitrogens with zero attached hydrogens (tertiary/aromatic N) is 2. The molecule has 1 amide bonds. The number of aryl methyl sites for hydroxylation is 2. The molecule has 2 aromatic rings. The number of carbonyl (C=O) groups excluding carboxylic acids is 2. The molecule has 1 aromatic heterocycles. The number of amides is 1. The number of benzene rings is 1. The van der Waals surface area contributed by atoms with Gasteiger partial charge >= 0.3 is 5.97 Å². The van der Waals surface area contributed by atoms with E-state index in [0.29, 0.717) is 12.4 Å². The van der Waals surface area contributed by atoms with Crippen molar-refractivity contribution >= 4 is 33.6 Å². The topological polar surface area (TPSA) is 73.2 Å². The number of ether oxygens (including phenoxy) is 1. The van der Waals surface area contributed by atoms with E-state index in [4.69, 9.17) is 4.74 Å². The van der Waals surface area contributed by atoms with Crippen molar-refractivity contribution in [3.8, 4) is 0 Å². The third-order valence-corrected chi connectivity index (χ3v) is 3.68. The van der Waals surface area contributed by atoms with Crippen molar-refractivity contribution in [3.63, 3.8) is 0 Å². The van der Waals surface area contributed by atoms with Crippen LogP contribution < -0.4 is 5.32 Å². The Hall–Kier alpha value is -2.15. The zero-order valence-electron chi connectivity index (χ0n) is 12.8. The van der Waals surface area contributed by atoms with Crippen LogP contribution in [0.5, 0.6) is 0 Å². The molecule has 0 saturated heterocycles. The van der Waals surface area contributed by atoms with Crippen molar-refractivity contribution in [1.29, 1.82) is 0 Å². The fourth-order valence-corrected chi connectivity index (χ4v) is 2.23. The first kappa shape index (κ1) is 17.2. The molecule has 0 atom stereocenters. The maximum atomic E-state index is 12.0. The van der Waals surface area contributed by atoms with Crippen molar-refractivity contribution in [2.45, 2.75) is 19.9 Å². The first-order valence-corrected chi connectivity index (χ1v) is 8.40. The summed E-state index contributed by atoms with van der Waals surface area (Å²) in [6, 6.07) is 9.93. The van der Waals surface area contributed by atoms with Gasteiger partial charge in [0.2, 0.25) is 5.91 Å². The smallest absolute Gasteiger partial charge is 0.343 e. The highest BCUT2D eigenvalue weighted by molar-refractivity contribution is 9.09. The summed E-state index contributed by atoms with van der Waals surface area (Å²) in [4.78, 5) is 23.7. The summed E-state index contributed by atoms with van der Waals surface area (Å²) < 4.78 is 6.62. The number of alkyl halides is 1. The van der Waals surface area contributed by atoms with Gasteiger partial charge in [-0.3, -0.25) is 4.79 Å². The lowest BCUT2D eigenvalue weighted by atomic mass is 10.1. The van der Waals surface area contributed by atoms with Crippen LogP contribution in [0.1, 0.15) is 22.8 Å². The summed E-state index contributed by atoms with van der Waals surface area (Å²) in [7, 11) is 0. The molecule has 0 radical (unpaired) electrons. The number of esters is 1. The molecule has 1 aromatic carbocycles.